The third-order valence-electron chi connectivity index (χ3n) is 10.2. The molecule has 0 spiro atoms. The predicted octanol–water partition coefficient (Wildman–Crippen LogP) is -3.77. The van der Waals surface area contributed by atoms with Crippen LogP contribution < -0.4 is 60.2 Å². The Hall–Kier alpha value is -6.37. The van der Waals surface area contributed by atoms with Crippen LogP contribution >= 0.6 is 0 Å². The van der Waals surface area contributed by atoms with Crippen molar-refractivity contribution in [3.05, 3.63) is 18.2 Å². The summed E-state index contributed by atoms with van der Waals surface area (Å²) in [6, 6.07) is -10.6. The SMILES string of the molecule is CC[C@H](C)[C@H](NC(=O)[C@H](CO)NC(=O)[C@H](CC(C)C)NC(=O)[C@H](CCCN=C(N)N)NC(=O)[C@H](CCC(N)=O)NC(=O)[C@H](CC(C)C)NC(=O)[C@H](Cc1cnc[nH]1)NC(=O)[C@H](C)N)C(=O)O. The quantitative estimate of drug-likeness (QED) is 0.0193. The molecule has 66 heavy (non-hydrogen) atoms. The number of aliphatic hydroxyl groups excluding tert-OH is 1. The number of primary amides is 1. The van der Waals surface area contributed by atoms with Crippen LogP contribution in [0, 0.1) is 17.8 Å². The van der Waals surface area contributed by atoms with Gasteiger partial charge >= 0.3 is 5.97 Å². The molecule has 0 aliphatic carbocycles. The van der Waals surface area contributed by atoms with E-state index >= 15 is 0 Å². The lowest BCUT2D eigenvalue weighted by molar-refractivity contribution is -0.144. The van der Waals surface area contributed by atoms with Crippen molar-refractivity contribution in [3.63, 3.8) is 0 Å². The number of aliphatic imine (C=N–C) groups is 1. The molecule has 1 rings (SSSR count). The lowest BCUT2D eigenvalue weighted by Crippen LogP contribution is -2.61. The second-order valence-electron chi connectivity index (χ2n) is 17.0. The van der Waals surface area contributed by atoms with Crippen molar-refractivity contribution in [3.8, 4) is 0 Å². The zero-order valence-corrected chi connectivity index (χ0v) is 38.8. The van der Waals surface area contributed by atoms with Gasteiger partial charge in [-0.05, 0) is 56.8 Å². The number of guanidine groups is 1. The van der Waals surface area contributed by atoms with Crippen LogP contribution in [0.2, 0.25) is 0 Å². The minimum absolute atomic E-state index is 0.00849. The molecule has 25 nitrogen and oxygen atoms in total. The summed E-state index contributed by atoms with van der Waals surface area (Å²) in [5.41, 5.74) is 22.6. The Kier molecular flexibility index (Phi) is 25.5. The van der Waals surface area contributed by atoms with Crippen LogP contribution in [-0.4, -0.2) is 141 Å². The van der Waals surface area contributed by atoms with E-state index in [1.165, 1.54) is 19.4 Å². The fourth-order valence-electron chi connectivity index (χ4n) is 6.35. The number of hydrogen-bond acceptors (Lipinski definition) is 13. The number of carbonyl (C=O) groups is 9. The zero-order chi connectivity index (χ0) is 50.3. The molecule has 0 aromatic carbocycles. The second-order valence-corrected chi connectivity index (χ2v) is 17.0. The molecular weight excluding hydrogens is 865 g/mol. The molecule has 0 bridgehead atoms. The van der Waals surface area contributed by atoms with Gasteiger partial charge in [-0.1, -0.05) is 48.0 Å². The summed E-state index contributed by atoms with van der Waals surface area (Å²) in [7, 11) is 0. The first-order valence-corrected chi connectivity index (χ1v) is 21.9. The molecule has 25 heteroatoms. The highest BCUT2D eigenvalue weighted by atomic mass is 16.4. The number of hydrogen-bond donors (Lipinski definition) is 14. The van der Waals surface area contributed by atoms with Crippen LogP contribution in [0.25, 0.3) is 0 Å². The van der Waals surface area contributed by atoms with Crippen molar-refractivity contribution >= 4 is 59.2 Å². The van der Waals surface area contributed by atoms with Gasteiger partial charge in [0, 0.05) is 31.3 Å². The summed E-state index contributed by atoms with van der Waals surface area (Å²) < 4.78 is 0. The first-order chi connectivity index (χ1) is 30.9. The summed E-state index contributed by atoms with van der Waals surface area (Å²) in [6.45, 7) is 10.9. The number of aliphatic hydroxyl groups is 1. The van der Waals surface area contributed by atoms with Gasteiger partial charge in [-0.2, -0.15) is 0 Å². The predicted molar refractivity (Wildman–Crippen MR) is 241 cm³/mol. The van der Waals surface area contributed by atoms with Gasteiger partial charge in [-0.25, -0.2) is 9.78 Å². The van der Waals surface area contributed by atoms with E-state index in [9.17, 15) is 53.4 Å². The molecule has 372 valence electrons. The highest BCUT2D eigenvalue weighted by molar-refractivity contribution is 5.97. The summed E-state index contributed by atoms with van der Waals surface area (Å²) in [5.74, 6) is -9.22. The first kappa shape index (κ1) is 57.6. The van der Waals surface area contributed by atoms with Crippen molar-refractivity contribution in [1.29, 1.82) is 0 Å². The number of amides is 8. The largest absolute Gasteiger partial charge is 0.480 e. The number of carboxylic acids is 1. The number of carboxylic acid groups (broad SMARTS) is 1. The lowest BCUT2D eigenvalue weighted by Gasteiger charge is -2.28. The van der Waals surface area contributed by atoms with Gasteiger partial charge in [0.1, 0.15) is 42.3 Å². The number of aliphatic carboxylic acids is 1. The van der Waals surface area contributed by atoms with Crippen molar-refractivity contribution in [2.24, 2.45) is 45.7 Å². The van der Waals surface area contributed by atoms with E-state index in [0.29, 0.717) is 12.1 Å². The number of H-pyrrole nitrogens is 1. The molecule has 0 saturated carbocycles. The number of nitrogens with one attached hydrogen (secondary N) is 8. The van der Waals surface area contributed by atoms with E-state index in [2.05, 4.69) is 52.2 Å². The van der Waals surface area contributed by atoms with Crippen molar-refractivity contribution in [2.75, 3.05) is 13.2 Å². The van der Waals surface area contributed by atoms with Gasteiger partial charge in [0.25, 0.3) is 0 Å². The molecule has 0 saturated heterocycles. The molecule has 1 heterocycles. The number of nitrogens with two attached hydrogens (primary N) is 4. The number of nitrogens with zero attached hydrogens (tertiary/aromatic N) is 2. The molecule has 9 atom stereocenters. The first-order valence-electron chi connectivity index (χ1n) is 21.9. The molecule has 0 unspecified atom stereocenters. The van der Waals surface area contributed by atoms with Gasteiger partial charge in [0.05, 0.1) is 19.0 Å². The van der Waals surface area contributed by atoms with Crippen molar-refractivity contribution in [1.82, 2.24) is 47.2 Å². The molecular formula is C41H72N14O11. The number of aromatic nitrogens is 2. The molecule has 1 aromatic rings. The van der Waals surface area contributed by atoms with Gasteiger partial charge in [0.2, 0.25) is 47.3 Å². The molecule has 0 aliphatic rings. The highest BCUT2D eigenvalue weighted by Gasteiger charge is 2.35. The smallest absolute Gasteiger partial charge is 0.326 e. The normalized spacial score (nSPS) is 15.3. The van der Waals surface area contributed by atoms with Gasteiger partial charge in [-0.15, -0.1) is 0 Å². The summed E-state index contributed by atoms with van der Waals surface area (Å²) in [6.07, 6.45) is 2.53. The van der Waals surface area contributed by atoms with Crippen LogP contribution in [0.3, 0.4) is 0 Å². The van der Waals surface area contributed by atoms with Crippen LogP contribution in [0.5, 0.6) is 0 Å². The maximum atomic E-state index is 14.1. The Labute approximate surface area is 384 Å². The Bertz CT molecular complexity index is 1800. The minimum Gasteiger partial charge on any atom is -0.480 e. The monoisotopic (exact) mass is 937 g/mol. The average molecular weight is 937 g/mol. The fraction of sp³-hybridized carbons (Fsp3) is 0.683. The third-order valence-corrected chi connectivity index (χ3v) is 10.2. The van der Waals surface area contributed by atoms with Crippen LogP contribution in [0.1, 0.15) is 99.1 Å². The van der Waals surface area contributed by atoms with E-state index in [0.717, 1.165) is 0 Å². The Morgan fingerprint density at radius 1 is 0.667 bits per heavy atom. The molecule has 18 N–H and O–H groups in total. The van der Waals surface area contributed by atoms with E-state index in [-0.39, 0.29) is 62.9 Å². The second kappa shape index (κ2) is 29.2. The van der Waals surface area contributed by atoms with E-state index < -0.39 is 121 Å². The Morgan fingerprint density at radius 3 is 1.55 bits per heavy atom. The van der Waals surface area contributed by atoms with Crippen LogP contribution in [0.15, 0.2) is 17.5 Å². The molecule has 0 aliphatic heterocycles. The topological polar surface area (TPSA) is 423 Å². The van der Waals surface area contributed by atoms with E-state index in [1.807, 2.05) is 0 Å². The Morgan fingerprint density at radius 2 is 1.12 bits per heavy atom. The van der Waals surface area contributed by atoms with Crippen molar-refractivity contribution in [2.45, 2.75) is 148 Å². The maximum absolute atomic E-state index is 14.1. The molecule has 0 radical (unpaired) electrons. The van der Waals surface area contributed by atoms with Crippen molar-refractivity contribution < 1.29 is 53.4 Å². The number of imidazole rings is 1. The van der Waals surface area contributed by atoms with Gasteiger partial charge in [-0.3, -0.25) is 43.3 Å². The zero-order valence-electron chi connectivity index (χ0n) is 38.8. The number of rotatable bonds is 31. The summed E-state index contributed by atoms with van der Waals surface area (Å²) >= 11 is 0. The Balaban J connectivity index is 3.48. The molecule has 0 fully saturated rings. The van der Waals surface area contributed by atoms with Crippen LogP contribution in [-0.2, 0) is 49.6 Å². The molecule has 8 amide bonds. The minimum atomic E-state index is -1.60. The summed E-state index contributed by atoms with van der Waals surface area (Å²) in [4.78, 5) is 130. The van der Waals surface area contributed by atoms with Crippen LogP contribution in [0.4, 0.5) is 0 Å². The third kappa shape index (κ3) is 21.5. The van der Waals surface area contributed by atoms with Gasteiger partial charge < -0.3 is 75.3 Å². The lowest BCUT2D eigenvalue weighted by atomic mass is 9.98. The van der Waals surface area contributed by atoms with E-state index in [1.54, 1.807) is 41.5 Å². The number of aromatic amines is 1. The molecule has 1 aromatic heterocycles. The summed E-state index contributed by atoms with van der Waals surface area (Å²) in [5, 5.41) is 37.3. The van der Waals surface area contributed by atoms with Gasteiger partial charge in [0.15, 0.2) is 5.96 Å². The van der Waals surface area contributed by atoms with E-state index in [4.69, 9.17) is 22.9 Å². The maximum Gasteiger partial charge on any atom is 0.326 e. The highest BCUT2D eigenvalue weighted by Crippen LogP contribution is 2.12. The number of carbonyl (C=O) groups excluding carboxylic acids is 8. The standard InChI is InChI=1S/C41H72N14O11/c1-8-22(6)32(40(65)66)55-39(64)30(18-56)54-37(62)28(15-21(4)5)52-34(59)25(10-9-13-47-41(44)45)49-35(60)26(11-12-31(43)57)50-36(61)27(14-20(2)3)53-38(63)29(51-33(58)23(7)42)16-24-17-46-19-48-24/h17,19-23,25-30,32,56H,8-16,18,42H2,1-7H3,(H2,43,57)(H,46,48)(H,49,60)(H,50,61)(H,51,58)(H,52,59)(H,53,63)(H,54,62)(H,55,64)(H,65,66)(H4,44,45,47)/t22-,23-,25-,26-,27-,28-,29-,30-,32-/m0/s1. The fourth-order valence-corrected chi connectivity index (χ4v) is 6.35. The average Bonchev–Trinajstić information content (AvgIpc) is 3.75.